The van der Waals surface area contributed by atoms with Crippen LogP contribution in [0.5, 0.6) is 0 Å². The van der Waals surface area contributed by atoms with Crippen LogP contribution in [0.3, 0.4) is 0 Å². The SMILES string of the molecule is C#C[C@@H](O)[C@@H](O[C@@H](CO)COC(Cc1ccccc1)(C(=O)O)C(=O)O)n1cnc2c(N)nc(SCC)nc21. The van der Waals surface area contributed by atoms with E-state index in [1.165, 1.54) is 22.7 Å². The van der Waals surface area contributed by atoms with Gasteiger partial charge >= 0.3 is 11.9 Å². The molecule has 6 N–H and O–H groups in total. The molecular weight excluding hydrogens is 518 g/mol. The maximum Gasteiger partial charge on any atom is 0.348 e. The molecule has 2 heterocycles. The van der Waals surface area contributed by atoms with Crippen LogP contribution in [0.25, 0.3) is 11.2 Å². The average molecular weight is 546 g/mol. The van der Waals surface area contributed by atoms with Crippen molar-refractivity contribution in [2.24, 2.45) is 0 Å². The van der Waals surface area contributed by atoms with Crippen LogP contribution >= 0.6 is 11.8 Å². The van der Waals surface area contributed by atoms with Crippen LogP contribution in [0.15, 0.2) is 41.8 Å². The van der Waals surface area contributed by atoms with E-state index in [4.69, 9.17) is 21.6 Å². The van der Waals surface area contributed by atoms with Gasteiger partial charge in [0.05, 0.1) is 19.5 Å². The first-order valence-electron chi connectivity index (χ1n) is 11.3. The summed E-state index contributed by atoms with van der Waals surface area (Å²) in [6.07, 6.45) is 1.95. The van der Waals surface area contributed by atoms with Gasteiger partial charge in [-0.15, -0.1) is 6.42 Å². The van der Waals surface area contributed by atoms with Gasteiger partial charge in [-0.1, -0.05) is 54.9 Å². The monoisotopic (exact) mass is 545 g/mol. The fraction of sp³-hybridized carbons (Fsp3) is 0.375. The lowest BCUT2D eigenvalue weighted by Crippen LogP contribution is -2.52. The third-order valence-electron chi connectivity index (χ3n) is 5.45. The first-order chi connectivity index (χ1) is 18.2. The molecule has 0 spiro atoms. The third kappa shape index (κ3) is 6.21. The van der Waals surface area contributed by atoms with E-state index in [0.717, 1.165) is 0 Å². The zero-order valence-electron chi connectivity index (χ0n) is 20.3. The summed E-state index contributed by atoms with van der Waals surface area (Å²) in [5.74, 6) is -0.586. The van der Waals surface area contributed by atoms with Gasteiger partial charge in [0.1, 0.15) is 11.6 Å². The highest BCUT2D eigenvalue weighted by atomic mass is 32.2. The number of nitrogen functional groups attached to an aromatic ring is 1. The highest BCUT2D eigenvalue weighted by Crippen LogP contribution is 2.27. The van der Waals surface area contributed by atoms with Crippen molar-refractivity contribution in [2.45, 2.75) is 42.5 Å². The van der Waals surface area contributed by atoms with Crippen LogP contribution in [0.1, 0.15) is 18.7 Å². The highest BCUT2D eigenvalue weighted by Gasteiger charge is 2.49. The van der Waals surface area contributed by atoms with Crippen molar-refractivity contribution in [1.82, 2.24) is 19.5 Å². The molecule has 0 fully saturated rings. The van der Waals surface area contributed by atoms with Crippen LogP contribution in [0, 0.1) is 12.3 Å². The lowest BCUT2D eigenvalue weighted by molar-refractivity contribution is -0.195. The Bertz CT molecular complexity index is 1300. The summed E-state index contributed by atoms with van der Waals surface area (Å²) in [5.41, 5.74) is 4.14. The number of aromatic nitrogens is 4. The van der Waals surface area contributed by atoms with Gasteiger partial charge in [0.15, 0.2) is 29.0 Å². The van der Waals surface area contributed by atoms with Crippen molar-refractivity contribution in [2.75, 3.05) is 24.7 Å². The number of aliphatic hydroxyl groups excluding tert-OH is 2. The Kier molecular flexibility index (Phi) is 9.61. The summed E-state index contributed by atoms with van der Waals surface area (Å²) in [6.45, 7) is 0.503. The van der Waals surface area contributed by atoms with E-state index >= 15 is 0 Å². The second-order valence-electron chi connectivity index (χ2n) is 8.00. The molecule has 0 unspecified atom stereocenters. The molecule has 0 aliphatic carbocycles. The second kappa shape index (κ2) is 12.7. The predicted molar refractivity (Wildman–Crippen MR) is 136 cm³/mol. The molecule has 3 aromatic rings. The van der Waals surface area contributed by atoms with E-state index in [1.54, 1.807) is 30.3 Å². The Balaban J connectivity index is 1.90. The number of nitrogens with zero attached hydrogens (tertiary/aromatic N) is 4. The second-order valence-corrected chi connectivity index (χ2v) is 9.23. The van der Waals surface area contributed by atoms with E-state index in [-0.39, 0.29) is 17.0 Å². The number of aliphatic carboxylic acids is 2. The molecule has 0 saturated heterocycles. The number of fused-ring (bicyclic) bond motifs is 1. The van der Waals surface area contributed by atoms with Crippen molar-refractivity contribution in [3.63, 3.8) is 0 Å². The Morgan fingerprint density at radius 3 is 2.50 bits per heavy atom. The largest absolute Gasteiger partial charge is 0.479 e. The molecule has 0 amide bonds. The number of rotatable bonds is 14. The number of hydrogen-bond acceptors (Lipinski definition) is 11. The van der Waals surface area contributed by atoms with Crippen LogP contribution < -0.4 is 5.73 Å². The van der Waals surface area contributed by atoms with Gasteiger partial charge < -0.3 is 35.6 Å². The Morgan fingerprint density at radius 1 is 1.24 bits per heavy atom. The van der Waals surface area contributed by atoms with E-state index in [0.29, 0.717) is 16.5 Å². The first-order valence-corrected chi connectivity index (χ1v) is 12.3. The quantitative estimate of drug-likeness (QED) is 0.0814. The van der Waals surface area contributed by atoms with Gasteiger partial charge in [-0.05, 0) is 11.3 Å². The summed E-state index contributed by atoms with van der Waals surface area (Å²) in [4.78, 5) is 36.9. The lowest BCUT2D eigenvalue weighted by atomic mass is 9.94. The molecule has 2 aromatic heterocycles. The van der Waals surface area contributed by atoms with Crippen molar-refractivity contribution in [3.05, 3.63) is 42.2 Å². The molecule has 3 atom stereocenters. The minimum Gasteiger partial charge on any atom is -0.479 e. The minimum atomic E-state index is -2.67. The van der Waals surface area contributed by atoms with Crippen LogP contribution in [-0.2, 0) is 25.5 Å². The van der Waals surface area contributed by atoms with Crippen molar-refractivity contribution < 1.29 is 39.5 Å². The van der Waals surface area contributed by atoms with Crippen LogP contribution in [0.2, 0.25) is 0 Å². The number of imidazole rings is 1. The number of thioether (sulfide) groups is 1. The van der Waals surface area contributed by atoms with E-state index in [2.05, 4.69) is 20.9 Å². The summed E-state index contributed by atoms with van der Waals surface area (Å²) in [5, 5.41) is 40.4. The molecule has 38 heavy (non-hydrogen) atoms. The average Bonchev–Trinajstić information content (AvgIpc) is 3.32. The van der Waals surface area contributed by atoms with Crippen molar-refractivity contribution in [3.8, 4) is 12.3 Å². The molecule has 0 aliphatic rings. The van der Waals surface area contributed by atoms with E-state index < -0.39 is 55.6 Å². The first kappa shape index (κ1) is 28.8. The number of carboxylic acid groups (broad SMARTS) is 2. The standard InChI is InChI=1S/C24H27N5O8S/c1-3-16(31)20(29-13-26-17-18(25)27-23(38-4-2)28-19(17)29)37-15(11-30)12-36-24(21(32)33,22(34)35)10-14-8-6-5-7-9-14/h1,5-9,13,15-16,20,30-31H,4,10-12H2,2H3,(H,32,33)(H,34,35)(H2,25,27,28)/t15-,16+,20+/m0/s1. The van der Waals surface area contributed by atoms with Gasteiger partial charge in [-0.25, -0.2) is 24.5 Å². The van der Waals surface area contributed by atoms with Gasteiger partial charge in [-0.2, -0.15) is 0 Å². The van der Waals surface area contributed by atoms with Crippen LogP contribution in [0.4, 0.5) is 5.82 Å². The number of benzene rings is 1. The molecule has 0 bridgehead atoms. The third-order valence-corrected chi connectivity index (χ3v) is 6.18. The minimum absolute atomic E-state index is 0.0919. The van der Waals surface area contributed by atoms with Gasteiger partial charge in [-0.3, -0.25) is 4.57 Å². The highest BCUT2D eigenvalue weighted by molar-refractivity contribution is 7.99. The summed E-state index contributed by atoms with van der Waals surface area (Å²) in [6, 6.07) is 8.08. The predicted octanol–water partition coefficient (Wildman–Crippen LogP) is 0.558. The van der Waals surface area contributed by atoms with Crippen molar-refractivity contribution >= 4 is 40.7 Å². The Hall–Kier alpha value is -3.74. The topological polar surface area (TPSA) is 203 Å². The molecule has 202 valence electrons. The Morgan fingerprint density at radius 2 is 1.92 bits per heavy atom. The van der Waals surface area contributed by atoms with Gasteiger partial charge in [0.2, 0.25) is 0 Å². The molecule has 14 heteroatoms. The Labute approximate surface area is 221 Å². The summed E-state index contributed by atoms with van der Waals surface area (Å²) >= 11 is 1.32. The maximum absolute atomic E-state index is 12.1. The zero-order chi connectivity index (χ0) is 27.9. The van der Waals surface area contributed by atoms with Gasteiger partial charge in [0.25, 0.3) is 5.60 Å². The molecule has 1 aromatic carbocycles. The maximum atomic E-state index is 12.1. The number of carboxylic acids is 2. The number of hydrogen-bond donors (Lipinski definition) is 5. The normalized spacial score (nSPS) is 14.1. The summed E-state index contributed by atoms with van der Waals surface area (Å²) < 4.78 is 12.5. The van der Waals surface area contributed by atoms with Crippen LogP contribution in [-0.4, -0.2) is 88.7 Å². The van der Waals surface area contributed by atoms with Gasteiger partial charge in [0, 0.05) is 6.42 Å². The molecule has 13 nitrogen and oxygen atoms in total. The summed E-state index contributed by atoms with van der Waals surface area (Å²) in [7, 11) is 0. The van der Waals surface area contributed by atoms with E-state index in [9.17, 15) is 30.0 Å². The number of terminal acetylenes is 1. The fourth-order valence-corrected chi connectivity index (χ4v) is 4.11. The van der Waals surface area contributed by atoms with Crippen molar-refractivity contribution in [1.29, 1.82) is 0 Å². The molecule has 0 saturated carbocycles. The molecular formula is C24H27N5O8S. The number of ether oxygens (including phenoxy) is 2. The lowest BCUT2D eigenvalue weighted by Gasteiger charge is -2.30. The smallest absolute Gasteiger partial charge is 0.348 e. The number of anilines is 1. The molecule has 0 aliphatic heterocycles. The number of aliphatic hydroxyl groups is 2. The number of carbonyl (C=O) groups is 2. The number of nitrogens with two attached hydrogens (primary N) is 1. The van der Waals surface area contributed by atoms with E-state index in [1.807, 2.05) is 6.92 Å². The fourth-order valence-electron chi connectivity index (χ4n) is 3.54. The molecule has 0 radical (unpaired) electrons. The molecule has 3 rings (SSSR count). The zero-order valence-corrected chi connectivity index (χ0v) is 21.1.